The summed E-state index contributed by atoms with van der Waals surface area (Å²) in [5, 5.41) is 7.59. The summed E-state index contributed by atoms with van der Waals surface area (Å²) in [5.41, 5.74) is -2.31. The monoisotopic (exact) mass is 419 g/mol. The van der Waals surface area contributed by atoms with Gasteiger partial charge in [-0.3, -0.25) is 0 Å². The summed E-state index contributed by atoms with van der Waals surface area (Å²) in [4.78, 5) is 11.8. The van der Waals surface area contributed by atoms with E-state index in [1.54, 1.807) is 40.7 Å². The van der Waals surface area contributed by atoms with Gasteiger partial charge >= 0.3 is 13.1 Å². The van der Waals surface area contributed by atoms with Crippen LogP contribution in [0.5, 0.6) is 0 Å². The molecule has 1 aliphatic heterocycles. The lowest BCUT2D eigenvalue weighted by atomic mass is 9.82. The molecule has 0 bridgehead atoms. The van der Waals surface area contributed by atoms with Crippen molar-refractivity contribution in [3.63, 3.8) is 0 Å². The molecule has 1 aromatic carbocycles. The van der Waals surface area contributed by atoms with Gasteiger partial charge in [0.25, 0.3) is 0 Å². The third kappa shape index (κ3) is 4.29. The molecule has 1 aliphatic rings. The van der Waals surface area contributed by atoms with Crippen LogP contribution in [0, 0.1) is 5.82 Å². The second-order valence-corrected chi connectivity index (χ2v) is 7.92. The first kappa shape index (κ1) is 22.1. The van der Waals surface area contributed by atoms with Crippen LogP contribution in [0.2, 0.25) is 0 Å². The number of rotatable bonds is 6. The van der Waals surface area contributed by atoms with E-state index in [4.69, 9.17) is 14.0 Å². The first-order valence-corrected chi connectivity index (χ1v) is 9.62. The Hall–Kier alpha value is -2.59. The van der Waals surface area contributed by atoms with Crippen LogP contribution in [0.15, 0.2) is 36.2 Å². The van der Waals surface area contributed by atoms with E-state index in [1.165, 1.54) is 29.1 Å². The van der Waals surface area contributed by atoms with Crippen molar-refractivity contribution in [3.05, 3.63) is 53.3 Å². The van der Waals surface area contributed by atoms with E-state index in [0.29, 0.717) is 0 Å². The molecule has 10 heteroatoms. The topological polar surface area (TPSA) is 75.5 Å². The standard InChI is InChI=1S/C20H24BF2N3O4/c1-6-28-18(27)16-12-26(25-24-16)11-14(13-9-7-8-10-15(13)22)17(23)21-29-19(2,3)20(4,5)30-21/h7-10,12H,6,11H2,1-5H3. The maximum atomic E-state index is 15.6. The zero-order chi connectivity index (χ0) is 22.1. The minimum Gasteiger partial charge on any atom is -0.461 e. The van der Waals surface area contributed by atoms with Crippen molar-refractivity contribution in [2.24, 2.45) is 0 Å². The molecule has 0 aliphatic carbocycles. The van der Waals surface area contributed by atoms with Crippen LogP contribution in [0.25, 0.3) is 5.57 Å². The Balaban J connectivity index is 1.99. The Labute approximate surface area is 174 Å². The van der Waals surface area contributed by atoms with Crippen molar-refractivity contribution in [2.75, 3.05) is 6.61 Å². The fraction of sp³-hybridized carbons (Fsp3) is 0.450. The SMILES string of the molecule is CCOC(=O)c1cn(CC(=C(F)B2OC(C)(C)C(C)(C)O2)c2ccccc2F)nn1. The summed E-state index contributed by atoms with van der Waals surface area (Å²) >= 11 is 0. The molecule has 1 saturated heterocycles. The van der Waals surface area contributed by atoms with Gasteiger partial charge in [-0.25, -0.2) is 18.3 Å². The largest absolute Gasteiger partial charge is 0.525 e. The first-order valence-electron chi connectivity index (χ1n) is 9.62. The molecule has 1 aromatic heterocycles. The Morgan fingerprint density at radius 2 is 1.83 bits per heavy atom. The number of allylic oxidation sites excluding steroid dienone is 1. The Morgan fingerprint density at radius 3 is 2.43 bits per heavy atom. The molecule has 0 N–H and O–H groups in total. The molecule has 7 nitrogen and oxygen atoms in total. The number of nitrogens with zero attached hydrogens (tertiary/aromatic N) is 3. The smallest absolute Gasteiger partial charge is 0.461 e. The molecule has 160 valence electrons. The van der Waals surface area contributed by atoms with Gasteiger partial charge in [0, 0.05) is 11.1 Å². The highest BCUT2D eigenvalue weighted by Crippen LogP contribution is 2.40. The minimum atomic E-state index is -1.31. The van der Waals surface area contributed by atoms with Gasteiger partial charge in [-0.05, 0) is 40.7 Å². The highest BCUT2D eigenvalue weighted by atomic mass is 19.1. The molecule has 2 heterocycles. The molecule has 1 fully saturated rings. The molecule has 0 atom stereocenters. The number of hydrogen-bond acceptors (Lipinski definition) is 6. The highest BCUT2D eigenvalue weighted by molar-refractivity contribution is 6.55. The summed E-state index contributed by atoms with van der Waals surface area (Å²) in [6.07, 6.45) is 1.32. The van der Waals surface area contributed by atoms with Crippen molar-refractivity contribution in [1.29, 1.82) is 0 Å². The van der Waals surface area contributed by atoms with E-state index in [0.717, 1.165) is 0 Å². The molecule has 30 heavy (non-hydrogen) atoms. The van der Waals surface area contributed by atoms with Gasteiger partial charge in [-0.2, -0.15) is 0 Å². The number of carbonyl (C=O) groups excluding carboxylic acids is 1. The minimum absolute atomic E-state index is 0.0214. The Bertz CT molecular complexity index is 958. The average Bonchev–Trinajstić information content (AvgIpc) is 3.22. The zero-order valence-corrected chi connectivity index (χ0v) is 17.6. The van der Waals surface area contributed by atoms with Crippen LogP contribution < -0.4 is 0 Å². The van der Waals surface area contributed by atoms with E-state index in [2.05, 4.69) is 10.3 Å². The predicted molar refractivity (Wildman–Crippen MR) is 106 cm³/mol. The molecule has 0 radical (unpaired) electrons. The van der Waals surface area contributed by atoms with Gasteiger partial charge in [-0.15, -0.1) is 5.10 Å². The summed E-state index contributed by atoms with van der Waals surface area (Å²) in [6, 6.07) is 5.80. The summed E-state index contributed by atoms with van der Waals surface area (Å²) in [7, 11) is -1.31. The fourth-order valence-corrected chi connectivity index (χ4v) is 2.92. The third-order valence-corrected chi connectivity index (χ3v) is 5.29. The van der Waals surface area contributed by atoms with Crippen molar-refractivity contribution < 1.29 is 27.6 Å². The van der Waals surface area contributed by atoms with E-state index < -0.39 is 35.8 Å². The average molecular weight is 419 g/mol. The fourth-order valence-electron chi connectivity index (χ4n) is 2.92. The van der Waals surface area contributed by atoms with Gasteiger partial charge in [0.05, 0.1) is 30.6 Å². The molecule has 0 spiro atoms. The highest BCUT2D eigenvalue weighted by Gasteiger charge is 2.53. The van der Waals surface area contributed by atoms with E-state index in [-0.39, 0.29) is 30.0 Å². The maximum absolute atomic E-state index is 15.6. The number of hydrogen-bond donors (Lipinski definition) is 0. The van der Waals surface area contributed by atoms with Crippen LogP contribution in [0.1, 0.15) is 50.7 Å². The second-order valence-electron chi connectivity index (χ2n) is 7.92. The van der Waals surface area contributed by atoms with E-state index >= 15 is 4.39 Å². The van der Waals surface area contributed by atoms with Crippen molar-refractivity contribution >= 4 is 18.7 Å². The zero-order valence-electron chi connectivity index (χ0n) is 17.6. The van der Waals surface area contributed by atoms with Crippen LogP contribution in [0.4, 0.5) is 8.78 Å². The second kappa shape index (κ2) is 8.27. The maximum Gasteiger partial charge on any atom is 0.525 e. The molecular weight excluding hydrogens is 395 g/mol. The van der Waals surface area contributed by atoms with E-state index in [1.807, 2.05) is 0 Å². The molecule has 0 amide bonds. The van der Waals surface area contributed by atoms with Crippen molar-refractivity contribution in [1.82, 2.24) is 15.0 Å². The predicted octanol–water partition coefficient (Wildman–Crippen LogP) is 3.61. The lowest BCUT2D eigenvalue weighted by molar-refractivity contribution is 0.00578. The quantitative estimate of drug-likeness (QED) is 0.526. The number of benzene rings is 1. The number of esters is 1. The van der Waals surface area contributed by atoms with Gasteiger partial charge in [0.15, 0.2) is 5.69 Å². The molecule has 3 rings (SSSR count). The normalized spacial score (nSPS) is 18.3. The van der Waals surface area contributed by atoms with Gasteiger partial charge in [-0.1, -0.05) is 23.4 Å². The van der Waals surface area contributed by atoms with Crippen LogP contribution >= 0.6 is 0 Å². The summed E-state index contributed by atoms with van der Waals surface area (Å²) in [6.45, 7) is 8.85. The number of halogens is 2. The molecule has 0 unspecified atom stereocenters. The van der Waals surface area contributed by atoms with Crippen LogP contribution in [-0.4, -0.2) is 45.9 Å². The van der Waals surface area contributed by atoms with Gasteiger partial charge < -0.3 is 14.0 Å². The van der Waals surface area contributed by atoms with Crippen molar-refractivity contribution in [3.8, 4) is 0 Å². The van der Waals surface area contributed by atoms with Crippen LogP contribution in [-0.2, 0) is 20.6 Å². The number of carbonyl (C=O) groups is 1. The third-order valence-electron chi connectivity index (χ3n) is 5.29. The lowest BCUT2D eigenvalue weighted by Gasteiger charge is -2.32. The Morgan fingerprint density at radius 1 is 1.20 bits per heavy atom. The van der Waals surface area contributed by atoms with Crippen molar-refractivity contribution in [2.45, 2.75) is 52.4 Å². The van der Waals surface area contributed by atoms with E-state index in [9.17, 15) is 9.18 Å². The Kier molecular flexibility index (Phi) is 6.10. The molecule has 2 aromatic rings. The number of ether oxygens (including phenoxy) is 1. The number of aromatic nitrogens is 3. The first-order chi connectivity index (χ1) is 14.1. The van der Waals surface area contributed by atoms with Crippen LogP contribution in [0.3, 0.4) is 0 Å². The van der Waals surface area contributed by atoms with Gasteiger partial charge in [0.1, 0.15) is 11.5 Å². The summed E-state index contributed by atoms with van der Waals surface area (Å²) < 4.78 is 47.8. The summed E-state index contributed by atoms with van der Waals surface area (Å²) in [5.74, 6) is -1.25. The lowest BCUT2D eigenvalue weighted by Crippen LogP contribution is -2.41. The molecular formula is C20H24BF2N3O4. The molecule has 0 saturated carbocycles. The van der Waals surface area contributed by atoms with Gasteiger partial charge in [0.2, 0.25) is 0 Å².